The molecule has 0 fully saturated rings. The Morgan fingerprint density at radius 2 is 1.94 bits per heavy atom. The van der Waals surface area contributed by atoms with Gasteiger partial charge in [0.1, 0.15) is 5.00 Å². The molecule has 1 unspecified atom stereocenters. The van der Waals surface area contributed by atoms with E-state index in [4.69, 9.17) is 16.6 Å². The molecule has 1 aromatic heterocycles. The van der Waals surface area contributed by atoms with Gasteiger partial charge in [0.25, 0.3) is 5.91 Å². The van der Waals surface area contributed by atoms with Crippen molar-refractivity contribution >= 4 is 45.7 Å². The summed E-state index contributed by atoms with van der Waals surface area (Å²) in [6.45, 7) is 6.91. The molecule has 1 N–H and O–H groups in total. The van der Waals surface area contributed by atoms with Gasteiger partial charge in [0, 0.05) is 21.8 Å². The van der Waals surface area contributed by atoms with Crippen molar-refractivity contribution in [2.75, 3.05) is 5.32 Å². The second-order valence-electron chi connectivity index (χ2n) is 9.12. The van der Waals surface area contributed by atoms with Crippen molar-refractivity contribution in [3.05, 3.63) is 81.2 Å². The Balaban J connectivity index is 1.70. The summed E-state index contributed by atoms with van der Waals surface area (Å²) >= 11 is 7.76. The molecule has 1 aliphatic carbocycles. The molecule has 4 rings (SSSR count). The second-order valence-corrected chi connectivity index (χ2v) is 10.6. The Hall–Kier alpha value is -2.43. The minimum Gasteiger partial charge on any atom is -0.322 e. The Morgan fingerprint density at radius 1 is 1.16 bits per heavy atom. The van der Waals surface area contributed by atoms with Crippen molar-refractivity contribution in [2.45, 2.75) is 40.0 Å². The molecule has 5 heteroatoms. The molecule has 0 saturated heterocycles. The third kappa shape index (κ3) is 5.08. The van der Waals surface area contributed by atoms with Crippen molar-refractivity contribution in [3.63, 3.8) is 0 Å². The molecule has 3 nitrogen and oxygen atoms in total. The van der Waals surface area contributed by atoms with Crippen LogP contribution in [-0.2, 0) is 12.8 Å². The predicted molar refractivity (Wildman–Crippen MR) is 132 cm³/mol. The average Bonchev–Trinajstić information content (AvgIpc) is 3.10. The molecule has 0 saturated carbocycles. The first-order valence-electron chi connectivity index (χ1n) is 10.6. The highest BCUT2D eigenvalue weighted by Gasteiger charge is 2.33. The highest BCUT2D eigenvalue weighted by molar-refractivity contribution is 7.16. The molecule has 160 valence electrons. The average molecular weight is 451 g/mol. The molecular weight excluding hydrogens is 424 g/mol. The Bertz CT molecular complexity index is 1110. The van der Waals surface area contributed by atoms with E-state index >= 15 is 0 Å². The van der Waals surface area contributed by atoms with Crippen molar-refractivity contribution in [1.82, 2.24) is 0 Å². The summed E-state index contributed by atoms with van der Waals surface area (Å²) < 4.78 is 0. The van der Waals surface area contributed by atoms with Gasteiger partial charge in [-0.25, -0.2) is 4.99 Å². The molecule has 1 aliphatic rings. The van der Waals surface area contributed by atoms with E-state index in [0.717, 1.165) is 35.4 Å². The van der Waals surface area contributed by atoms with E-state index < -0.39 is 0 Å². The monoisotopic (exact) mass is 450 g/mol. The molecule has 3 aromatic rings. The number of rotatable bonds is 4. The minimum absolute atomic E-state index is 0.116. The zero-order chi connectivity index (χ0) is 22.0. The van der Waals surface area contributed by atoms with Crippen LogP contribution in [0.25, 0.3) is 0 Å². The number of hydrogen-bond donors (Lipinski definition) is 1. The summed E-state index contributed by atoms with van der Waals surface area (Å²) in [6, 6.07) is 17.2. The zero-order valence-electron chi connectivity index (χ0n) is 18.1. The topological polar surface area (TPSA) is 41.5 Å². The highest BCUT2D eigenvalue weighted by Crippen LogP contribution is 2.45. The normalized spacial score (nSPS) is 16.3. The number of thiophene rings is 1. The number of benzene rings is 2. The second kappa shape index (κ2) is 8.97. The van der Waals surface area contributed by atoms with E-state index in [1.807, 2.05) is 48.7 Å². The molecule has 0 aliphatic heterocycles. The molecule has 1 atom stereocenters. The maximum absolute atomic E-state index is 13.3. The number of amides is 1. The van der Waals surface area contributed by atoms with E-state index in [9.17, 15) is 4.79 Å². The Labute approximate surface area is 193 Å². The lowest BCUT2D eigenvalue weighted by atomic mass is 9.72. The van der Waals surface area contributed by atoms with Gasteiger partial charge in [-0.1, -0.05) is 68.8 Å². The van der Waals surface area contributed by atoms with Crippen molar-refractivity contribution in [3.8, 4) is 0 Å². The van der Waals surface area contributed by atoms with Gasteiger partial charge in [-0.3, -0.25) is 4.79 Å². The van der Waals surface area contributed by atoms with E-state index in [1.54, 1.807) is 23.5 Å². The van der Waals surface area contributed by atoms with Gasteiger partial charge >= 0.3 is 0 Å². The third-order valence-electron chi connectivity index (χ3n) is 5.91. The summed E-state index contributed by atoms with van der Waals surface area (Å²) in [7, 11) is 0. The minimum atomic E-state index is -0.116. The summed E-state index contributed by atoms with van der Waals surface area (Å²) in [4.78, 5) is 19.4. The first kappa shape index (κ1) is 21.8. The van der Waals surface area contributed by atoms with E-state index in [-0.39, 0.29) is 11.3 Å². The maximum atomic E-state index is 13.3. The van der Waals surface area contributed by atoms with Gasteiger partial charge in [-0.05, 0) is 59.9 Å². The van der Waals surface area contributed by atoms with Gasteiger partial charge in [0.2, 0.25) is 0 Å². The fourth-order valence-electron chi connectivity index (χ4n) is 4.07. The number of anilines is 1. The summed E-state index contributed by atoms with van der Waals surface area (Å²) in [6.07, 6.45) is 4.84. The van der Waals surface area contributed by atoms with Gasteiger partial charge in [0.05, 0.1) is 5.56 Å². The number of hydrogen-bond acceptors (Lipinski definition) is 3. The highest BCUT2D eigenvalue weighted by atomic mass is 35.5. The van der Waals surface area contributed by atoms with Crippen LogP contribution in [0.4, 0.5) is 10.7 Å². The van der Waals surface area contributed by atoms with E-state index in [2.05, 4.69) is 26.1 Å². The van der Waals surface area contributed by atoms with Crippen molar-refractivity contribution in [2.24, 2.45) is 16.3 Å². The first-order chi connectivity index (χ1) is 14.8. The number of halogens is 1. The fourth-order valence-corrected chi connectivity index (χ4v) is 5.53. The molecule has 31 heavy (non-hydrogen) atoms. The fraction of sp³-hybridized carbons (Fsp3) is 0.308. The number of carbonyl (C=O) groups is 1. The van der Waals surface area contributed by atoms with Gasteiger partial charge in [0.15, 0.2) is 0 Å². The smallest absolute Gasteiger partial charge is 0.259 e. The molecular formula is C26H27ClN2OS. The van der Waals surface area contributed by atoms with Crippen LogP contribution >= 0.6 is 22.9 Å². The summed E-state index contributed by atoms with van der Waals surface area (Å²) in [5.74, 6) is 0.489. The van der Waals surface area contributed by atoms with Crippen LogP contribution in [0.1, 0.15) is 53.6 Å². The lowest BCUT2D eigenvalue weighted by molar-refractivity contribution is 0.102. The standard InChI is InChI=1S/C26H27ClN2OS/c1-26(2,3)18-12-13-21-22(14-18)31-25(28-16-17-8-5-4-6-9-17)23(21)24(30)29-20-11-7-10-19(27)15-20/h4-11,15-16,18H,12-14H2,1-3H3,(H,29,30). The van der Waals surface area contributed by atoms with Crippen LogP contribution in [-0.4, -0.2) is 12.1 Å². The molecule has 2 aromatic carbocycles. The number of carbonyl (C=O) groups excluding carboxylic acids is 1. The van der Waals surface area contributed by atoms with Gasteiger partial charge in [-0.2, -0.15) is 0 Å². The van der Waals surface area contributed by atoms with Crippen LogP contribution in [0, 0.1) is 11.3 Å². The van der Waals surface area contributed by atoms with Gasteiger partial charge in [-0.15, -0.1) is 11.3 Å². The number of nitrogens with one attached hydrogen (secondary N) is 1. The molecule has 0 bridgehead atoms. The summed E-state index contributed by atoms with van der Waals surface area (Å²) in [5.41, 5.74) is 3.82. The maximum Gasteiger partial charge on any atom is 0.259 e. The quantitative estimate of drug-likeness (QED) is 0.409. The number of nitrogens with zero attached hydrogens (tertiary/aromatic N) is 1. The lowest BCUT2D eigenvalue weighted by Crippen LogP contribution is -2.27. The predicted octanol–water partition coefficient (Wildman–Crippen LogP) is 7.56. The summed E-state index contributed by atoms with van der Waals surface area (Å²) in [5, 5.41) is 4.40. The number of aliphatic imine (C=N–C) groups is 1. The van der Waals surface area contributed by atoms with Crippen molar-refractivity contribution in [1.29, 1.82) is 0 Å². The first-order valence-corrected chi connectivity index (χ1v) is 11.8. The van der Waals surface area contributed by atoms with Crippen LogP contribution in [0.3, 0.4) is 0 Å². The SMILES string of the molecule is CC(C)(C)C1CCc2c(sc(N=Cc3ccccc3)c2C(=O)Nc2cccc(Cl)c2)C1. The third-order valence-corrected chi connectivity index (χ3v) is 7.31. The number of fused-ring (bicyclic) bond motifs is 1. The van der Waals surface area contributed by atoms with Crippen LogP contribution in [0.5, 0.6) is 0 Å². The Morgan fingerprint density at radius 3 is 2.65 bits per heavy atom. The molecule has 1 heterocycles. The van der Waals surface area contributed by atoms with Crippen LogP contribution < -0.4 is 5.32 Å². The lowest BCUT2D eigenvalue weighted by Gasteiger charge is -2.33. The van der Waals surface area contributed by atoms with Crippen LogP contribution in [0.15, 0.2) is 59.6 Å². The van der Waals surface area contributed by atoms with Crippen molar-refractivity contribution < 1.29 is 4.79 Å². The van der Waals surface area contributed by atoms with E-state index in [1.165, 1.54) is 4.88 Å². The molecule has 0 spiro atoms. The largest absolute Gasteiger partial charge is 0.322 e. The van der Waals surface area contributed by atoms with E-state index in [0.29, 0.717) is 22.2 Å². The zero-order valence-corrected chi connectivity index (χ0v) is 19.7. The molecule has 1 amide bonds. The van der Waals surface area contributed by atoms with Gasteiger partial charge < -0.3 is 5.32 Å². The van der Waals surface area contributed by atoms with Crippen LogP contribution in [0.2, 0.25) is 5.02 Å². The molecule has 0 radical (unpaired) electrons. The Kier molecular flexibility index (Phi) is 6.31.